The third kappa shape index (κ3) is 3.45. The summed E-state index contributed by atoms with van der Waals surface area (Å²) in [6, 6.07) is 16.0. The van der Waals surface area contributed by atoms with Gasteiger partial charge in [-0.1, -0.05) is 48.0 Å². The summed E-state index contributed by atoms with van der Waals surface area (Å²) in [5.41, 5.74) is 3.71. The SMILES string of the molecule is O=C(CC1CCc2ccc(Cl)cc21)NCc1ccccc1. The van der Waals surface area contributed by atoms with Gasteiger partial charge in [-0.3, -0.25) is 4.79 Å². The van der Waals surface area contributed by atoms with Gasteiger partial charge in [-0.05, 0) is 47.6 Å². The van der Waals surface area contributed by atoms with E-state index in [0.29, 0.717) is 18.9 Å². The molecule has 1 aliphatic carbocycles. The molecular weight excluding hydrogens is 282 g/mol. The predicted molar refractivity (Wildman–Crippen MR) is 85.4 cm³/mol. The van der Waals surface area contributed by atoms with Gasteiger partial charge in [-0.2, -0.15) is 0 Å². The van der Waals surface area contributed by atoms with E-state index in [4.69, 9.17) is 11.6 Å². The van der Waals surface area contributed by atoms with E-state index >= 15 is 0 Å². The number of rotatable bonds is 4. The van der Waals surface area contributed by atoms with Crippen LogP contribution in [-0.2, 0) is 17.8 Å². The van der Waals surface area contributed by atoms with Gasteiger partial charge in [0.05, 0.1) is 0 Å². The van der Waals surface area contributed by atoms with Crippen molar-refractivity contribution in [3.63, 3.8) is 0 Å². The van der Waals surface area contributed by atoms with Crippen molar-refractivity contribution in [1.82, 2.24) is 5.32 Å². The van der Waals surface area contributed by atoms with Gasteiger partial charge in [0, 0.05) is 18.0 Å². The molecule has 0 heterocycles. The van der Waals surface area contributed by atoms with Gasteiger partial charge in [0.25, 0.3) is 0 Å². The molecule has 0 fully saturated rings. The van der Waals surface area contributed by atoms with Crippen LogP contribution in [0.3, 0.4) is 0 Å². The lowest BCUT2D eigenvalue weighted by Crippen LogP contribution is -2.24. The Hall–Kier alpha value is -1.80. The summed E-state index contributed by atoms with van der Waals surface area (Å²) in [6.07, 6.45) is 2.62. The first kappa shape index (κ1) is 14.2. The summed E-state index contributed by atoms with van der Waals surface area (Å²) in [5.74, 6) is 0.408. The Bertz CT molecular complexity index is 639. The summed E-state index contributed by atoms with van der Waals surface area (Å²) in [5, 5.41) is 3.75. The highest BCUT2D eigenvalue weighted by molar-refractivity contribution is 6.30. The number of carbonyl (C=O) groups is 1. The van der Waals surface area contributed by atoms with Crippen molar-refractivity contribution in [3.8, 4) is 0 Å². The van der Waals surface area contributed by atoms with Crippen molar-refractivity contribution < 1.29 is 4.79 Å². The molecule has 21 heavy (non-hydrogen) atoms. The van der Waals surface area contributed by atoms with Crippen LogP contribution in [0.25, 0.3) is 0 Å². The number of carbonyl (C=O) groups excluding carboxylic acids is 1. The molecule has 2 aromatic rings. The van der Waals surface area contributed by atoms with E-state index in [1.165, 1.54) is 11.1 Å². The van der Waals surface area contributed by atoms with E-state index in [1.54, 1.807) is 0 Å². The van der Waals surface area contributed by atoms with Gasteiger partial charge in [0.15, 0.2) is 0 Å². The van der Waals surface area contributed by atoms with Crippen LogP contribution in [0, 0.1) is 0 Å². The van der Waals surface area contributed by atoms with Crippen molar-refractivity contribution in [2.45, 2.75) is 31.7 Å². The molecule has 0 radical (unpaired) electrons. The third-order valence-electron chi connectivity index (χ3n) is 4.07. The van der Waals surface area contributed by atoms with Gasteiger partial charge in [-0.15, -0.1) is 0 Å². The summed E-state index contributed by atoms with van der Waals surface area (Å²) in [4.78, 5) is 12.1. The first-order valence-electron chi connectivity index (χ1n) is 7.31. The molecule has 3 heteroatoms. The first-order valence-corrected chi connectivity index (χ1v) is 7.69. The van der Waals surface area contributed by atoms with Crippen LogP contribution in [0.1, 0.15) is 35.4 Å². The van der Waals surface area contributed by atoms with E-state index in [1.807, 2.05) is 42.5 Å². The molecular formula is C18H18ClNO. The predicted octanol–water partition coefficient (Wildman–Crippen LogP) is 4.08. The molecule has 0 saturated heterocycles. The Kier molecular flexibility index (Phi) is 4.26. The number of hydrogen-bond donors (Lipinski definition) is 1. The Labute approximate surface area is 130 Å². The van der Waals surface area contributed by atoms with Gasteiger partial charge in [-0.25, -0.2) is 0 Å². The molecule has 0 bridgehead atoms. The van der Waals surface area contributed by atoms with Crippen molar-refractivity contribution in [2.24, 2.45) is 0 Å². The van der Waals surface area contributed by atoms with Crippen LogP contribution < -0.4 is 5.32 Å². The monoisotopic (exact) mass is 299 g/mol. The molecule has 0 spiro atoms. The van der Waals surface area contributed by atoms with E-state index in [-0.39, 0.29) is 5.91 Å². The molecule has 2 aromatic carbocycles. The number of hydrogen-bond acceptors (Lipinski definition) is 1. The van der Waals surface area contributed by atoms with E-state index < -0.39 is 0 Å². The molecule has 2 nitrogen and oxygen atoms in total. The van der Waals surface area contributed by atoms with Crippen molar-refractivity contribution in [1.29, 1.82) is 0 Å². The molecule has 3 rings (SSSR count). The highest BCUT2D eigenvalue weighted by Crippen LogP contribution is 2.36. The molecule has 1 N–H and O–H groups in total. The number of fused-ring (bicyclic) bond motifs is 1. The van der Waals surface area contributed by atoms with Gasteiger partial charge < -0.3 is 5.32 Å². The number of amides is 1. The van der Waals surface area contributed by atoms with E-state index in [9.17, 15) is 4.79 Å². The zero-order valence-electron chi connectivity index (χ0n) is 11.8. The first-order chi connectivity index (χ1) is 10.2. The molecule has 0 aliphatic heterocycles. The van der Waals surface area contributed by atoms with Crippen LogP contribution in [-0.4, -0.2) is 5.91 Å². The maximum atomic E-state index is 12.1. The Morgan fingerprint density at radius 2 is 2.00 bits per heavy atom. The van der Waals surface area contributed by atoms with Crippen molar-refractivity contribution in [3.05, 3.63) is 70.2 Å². The molecule has 0 saturated carbocycles. The largest absolute Gasteiger partial charge is 0.352 e. The Balaban J connectivity index is 1.58. The average molecular weight is 300 g/mol. The Morgan fingerprint density at radius 3 is 2.81 bits per heavy atom. The van der Waals surface area contributed by atoms with Crippen LogP contribution >= 0.6 is 11.6 Å². The average Bonchev–Trinajstić information content (AvgIpc) is 2.88. The maximum Gasteiger partial charge on any atom is 0.220 e. The molecule has 0 aromatic heterocycles. The van der Waals surface area contributed by atoms with Crippen LogP contribution in [0.4, 0.5) is 0 Å². The quantitative estimate of drug-likeness (QED) is 0.905. The molecule has 1 aliphatic rings. The minimum absolute atomic E-state index is 0.108. The van der Waals surface area contributed by atoms with Crippen LogP contribution in [0.5, 0.6) is 0 Å². The number of nitrogens with one attached hydrogen (secondary N) is 1. The number of halogens is 1. The number of benzene rings is 2. The minimum atomic E-state index is 0.108. The highest BCUT2D eigenvalue weighted by Gasteiger charge is 2.24. The third-order valence-corrected chi connectivity index (χ3v) is 4.31. The Morgan fingerprint density at radius 1 is 1.19 bits per heavy atom. The summed E-state index contributed by atoms with van der Waals surface area (Å²) >= 11 is 6.07. The van der Waals surface area contributed by atoms with Crippen LogP contribution in [0.2, 0.25) is 5.02 Å². The van der Waals surface area contributed by atoms with E-state index in [2.05, 4.69) is 11.4 Å². The van der Waals surface area contributed by atoms with Crippen molar-refractivity contribution >= 4 is 17.5 Å². The lowest BCUT2D eigenvalue weighted by atomic mass is 9.97. The second-order valence-corrected chi connectivity index (χ2v) is 5.98. The minimum Gasteiger partial charge on any atom is -0.352 e. The van der Waals surface area contributed by atoms with Gasteiger partial charge in [0.2, 0.25) is 5.91 Å². The van der Waals surface area contributed by atoms with Gasteiger partial charge in [0.1, 0.15) is 0 Å². The molecule has 1 amide bonds. The normalized spacial score (nSPS) is 16.5. The van der Waals surface area contributed by atoms with E-state index in [0.717, 1.165) is 23.4 Å². The fourth-order valence-corrected chi connectivity index (χ4v) is 3.14. The zero-order chi connectivity index (χ0) is 14.7. The zero-order valence-corrected chi connectivity index (χ0v) is 12.6. The maximum absolute atomic E-state index is 12.1. The summed E-state index contributed by atoms with van der Waals surface area (Å²) in [6.45, 7) is 0.592. The highest BCUT2D eigenvalue weighted by atomic mass is 35.5. The number of aryl methyl sites for hydroxylation is 1. The molecule has 1 unspecified atom stereocenters. The lowest BCUT2D eigenvalue weighted by molar-refractivity contribution is -0.121. The van der Waals surface area contributed by atoms with Crippen molar-refractivity contribution in [2.75, 3.05) is 0 Å². The fraction of sp³-hybridized carbons (Fsp3) is 0.278. The summed E-state index contributed by atoms with van der Waals surface area (Å²) in [7, 11) is 0. The topological polar surface area (TPSA) is 29.1 Å². The molecule has 108 valence electrons. The standard InChI is InChI=1S/C18H18ClNO/c19-16-9-8-14-6-7-15(17(14)11-16)10-18(21)20-12-13-4-2-1-3-5-13/h1-5,8-9,11,15H,6-7,10,12H2,(H,20,21). The second kappa shape index (κ2) is 6.31. The summed E-state index contributed by atoms with van der Waals surface area (Å²) < 4.78 is 0. The molecule has 1 atom stereocenters. The smallest absolute Gasteiger partial charge is 0.220 e. The van der Waals surface area contributed by atoms with Crippen LogP contribution in [0.15, 0.2) is 48.5 Å². The lowest BCUT2D eigenvalue weighted by Gasteiger charge is -2.12. The fourth-order valence-electron chi connectivity index (χ4n) is 2.96. The van der Waals surface area contributed by atoms with Gasteiger partial charge >= 0.3 is 0 Å². The second-order valence-electron chi connectivity index (χ2n) is 5.55.